The molecule has 0 aliphatic rings. The lowest BCUT2D eigenvalue weighted by molar-refractivity contribution is 0.102. The van der Waals surface area contributed by atoms with Crippen molar-refractivity contribution in [1.29, 1.82) is 0 Å². The van der Waals surface area contributed by atoms with E-state index in [4.69, 9.17) is 18.9 Å². The summed E-state index contributed by atoms with van der Waals surface area (Å²) in [5, 5.41) is 3.32. The number of thiazole rings is 1. The quantitative estimate of drug-likeness (QED) is 0.481. The molecule has 3 rings (SSSR count). The summed E-state index contributed by atoms with van der Waals surface area (Å²) >= 11 is 4.80. The number of methoxy groups -OCH3 is 3. The fraction of sp³-hybridized carbons (Fsp3) is 0.300. The third-order valence-electron chi connectivity index (χ3n) is 4.07. The second kappa shape index (κ2) is 9.32. The van der Waals surface area contributed by atoms with Gasteiger partial charge >= 0.3 is 0 Å². The maximum Gasteiger partial charge on any atom is 0.258 e. The zero-order valence-electron chi connectivity index (χ0n) is 16.5. The van der Waals surface area contributed by atoms with Crippen molar-refractivity contribution in [3.63, 3.8) is 0 Å². The van der Waals surface area contributed by atoms with Crippen LogP contribution in [0, 0.1) is 0 Å². The number of carbonyl (C=O) groups excluding carboxylic acids is 1. The molecule has 2 aromatic carbocycles. The first-order chi connectivity index (χ1) is 14.0. The molecular weight excluding hydrogens is 460 g/mol. The van der Waals surface area contributed by atoms with Gasteiger partial charge in [-0.2, -0.15) is 0 Å². The van der Waals surface area contributed by atoms with Gasteiger partial charge in [-0.05, 0) is 46.6 Å². The number of amides is 1. The molecule has 29 heavy (non-hydrogen) atoms. The van der Waals surface area contributed by atoms with Crippen LogP contribution >= 0.6 is 27.3 Å². The van der Waals surface area contributed by atoms with Gasteiger partial charge in [-0.1, -0.05) is 18.3 Å². The summed E-state index contributed by atoms with van der Waals surface area (Å²) < 4.78 is 23.1. The van der Waals surface area contributed by atoms with Crippen LogP contribution in [0.2, 0.25) is 0 Å². The fourth-order valence-electron chi connectivity index (χ4n) is 2.72. The molecule has 3 aromatic rings. The van der Waals surface area contributed by atoms with Crippen molar-refractivity contribution in [3.8, 4) is 23.0 Å². The van der Waals surface area contributed by atoms with Gasteiger partial charge in [-0.15, -0.1) is 0 Å². The van der Waals surface area contributed by atoms with Crippen molar-refractivity contribution in [2.45, 2.75) is 13.3 Å². The number of hydrogen-bond donors (Lipinski definition) is 1. The molecule has 1 N–H and O–H groups in total. The molecular formula is C20H21BrN2O5S. The van der Waals surface area contributed by atoms with E-state index in [1.54, 1.807) is 6.07 Å². The molecule has 1 amide bonds. The number of nitrogens with one attached hydrogen (secondary N) is 1. The van der Waals surface area contributed by atoms with Crippen molar-refractivity contribution in [2.24, 2.45) is 0 Å². The molecule has 0 radical (unpaired) electrons. The summed E-state index contributed by atoms with van der Waals surface area (Å²) in [6.07, 6.45) is 0.936. The van der Waals surface area contributed by atoms with E-state index in [1.165, 1.54) is 32.7 Å². The maximum absolute atomic E-state index is 12.9. The molecule has 7 nitrogen and oxygen atoms in total. The lowest BCUT2D eigenvalue weighted by Gasteiger charge is -2.16. The average Bonchev–Trinajstić information content (AvgIpc) is 3.12. The largest absolute Gasteiger partial charge is 0.494 e. The van der Waals surface area contributed by atoms with E-state index in [1.807, 2.05) is 18.2 Å². The standard InChI is InChI=1S/C20H21BrN2O5S/c1-5-8-28-11-6-7-13-15(9-11)29-20(22-13)23-19(24)12-10-14(25-2)17(26-3)18(27-4)16(12)21/h6-7,9-10H,5,8H2,1-4H3,(H,22,23,24). The Balaban J connectivity index is 1.90. The first-order valence-corrected chi connectivity index (χ1v) is 10.5. The number of rotatable bonds is 8. The zero-order valence-corrected chi connectivity index (χ0v) is 18.9. The number of halogens is 1. The van der Waals surface area contributed by atoms with Gasteiger partial charge in [0.25, 0.3) is 5.91 Å². The lowest BCUT2D eigenvalue weighted by atomic mass is 10.1. The van der Waals surface area contributed by atoms with Crippen molar-refractivity contribution < 1.29 is 23.7 Å². The Morgan fingerprint density at radius 3 is 2.55 bits per heavy atom. The van der Waals surface area contributed by atoms with Gasteiger partial charge in [0.2, 0.25) is 5.75 Å². The predicted molar refractivity (Wildman–Crippen MR) is 117 cm³/mol. The number of fused-ring (bicyclic) bond motifs is 1. The molecule has 0 fully saturated rings. The van der Waals surface area contributed by atoms with Gasteiger partial charge in [0.1, 0.15) is 5.75 Å². The second-order valence-corrected chi connectivity index (χ2v) is 7.78. The van der Waals surface area contributed by atoms with Gasteiger partial charge in [0.05, 0.1) is 48.2 Å². The van der Waals surface area contributed by atoms with Gasteiger partial charge in [0, 0.05) is 0 Å². The van der Waals surface area contributed by atoms with Crippen molar-refractivity contribution in [1.82, 2.24) is 4.98 Å². The maximum atomic E-state index is 12.9. The topological polar surface area (TPSA) is 78.9 Å². The molecule has 0 bridgehead atoms. The summed E-state index contributed by atoms with van der Waals surface area (Å²) in [4.78, 5) is 17.4. The van der Waals surface area contributed by atoms with Gasteiger partial charge < -0.3 is 18.9 Å². The number of anilines is 1. The minimum atomic E-state index is -0.349. The fourth-order valence-corrected chi connectivity index (χ4v) is 4.24. The first kappa shape index (κ1) is 21.2. The van der Waals surface area contributed by atoms with Crippen molar-refractivity contribution in [3.05, 3.63) is 34.3 Å². The van der Waals surface area contributed by atoms with E-state index in [0.29, 0.717) is 39.0 Å². The molecule has 0 unspecified atom stereocenters. The number of ether oxygens (including phenoxy) is 4. The normalized spacial score (nSPS) is 10.7. The molecule has 0 aliphatic carbocycles. The highest BCUT2D eigenvalue weighted by molar-refractivity contribution is 9.10. The number of benzene rings is 2. The van der Waals surface area contributed by atoms with Crippen molar-refractivity contribution in [2.75, 3.05) is 33.3 Å². The summed E-state index contributed by atoms with van der Waals surface area (Å²) in [6, 6.07) is 7.26. The Kier molecular flexibility index (Phi) is 6.81. The lowest BCUT2D eigenvalue weighted by Crippen LogP contribution is -2.13. The molecule has 154 valence electrons. The zero-order chi connectivity index (χ0) is 21.0. The number of hydrogen-bond acceptors (Lipinski definition) is 7. The van der Waals surface area contributed by atoms with Crippen molar-refractivity contribution >= 4 is 48.5 Å². The molecule has 0 saturated carbocycles. The third-order valence-corrected chi connectivity index (χ3v) is 5.79. The van der Waals surface area contributed by atoms with Crippen LogP contribution in [0.25, 0.3) is 10.2 Å². The van der Waals surface area contributed by atoms with E-state index in [-0.39, 0.29) is 5.91 Å². The summed E-state index contributed by atoms with van der Waals surface area (Å²) in [7, 11) is 4.50. The van der Waals surface area contributed by atoms with Crippen LogP contribution in [-0.2, 0) is 0 Å². The van der Waals surface area contributed by atoms with E-state index >= 15 is 0 Å². The smallest absolute Gasteiger partial charge is 0.258 e. The second-order valence-electron chi connectivity index (χ2n) is 5.96. The highest BCUT2D eigenvalue weighted by Gasteiger charge is 2.23. The molecule has 0 spiro atoms. The highest BCUT2D eigenvalue weighted by Crippen LogP contribution is 2.45. The number of nitrogens with zero attached hydrogens (tertiary/aromatic N) is 1. The van der Waals surface area contributed by atoms with Crippen LogP contribution in [0.4, 0.5) is 5.13 Å². The van der Waals surface area contributed by atoms with Crippen LogP contribution in [0.3, 0.4) is 0 Å². The molecule has 0 atom stereocenters. The summed E-state index contributed by atoms with van der Waals surface area (Å²) in [6.45, 7) is 2.71. The molecule has 1 aromatic heterocycles. The van der Waals surface area contributed by atoms with Crippen LogP contribution in [-0.4, -0.2) is 38.8 Å². The summed E-state index contributed by atoms with van der Waals surface area (Å²) in [5.41, 5.74) is 1.13. The summed E-state index contributed by atoms with van der Waals surface area (Å²) in [5.74, 6) is 1.60. The van der Waals surface area contributed by atoms with E-state index in [2.05, 4.69) is 33.2 Å². The van der Waals surface area contributed by atoms with E-state index < -0.39 is 0 Å². The Morgan fingerprint density at radius 2 is 1.90 bits per heavy atom. The van der Waals surface area contributed by atoms with Crippen LogP contribution in [0.1, 0.15) is 23.7 Å². The first-order valence-electron chi connectivity index (χ1n) is 8.85. The molecule has 0 saturated heterocycles. The Hall–Kier alpha value is -2.52. The highest BCUT2D eigenvalue weighted by atomic mass is 79.9. The number of carbonyl (C=O) groups is 1. The minimum absolute atomic E-state index is 0.339. The monoisotopic (exact) mass is 480 g/mol. The Bertz CT molecular complexity index is 1040. The van der Waals surface area contributed by atoms with Crippen LogP contribution < -0.4 is 24.3 Å². The van der Waals surface area contributed by atoms with E-state index in [9.17, 15) is 4.79 Å². The molecule has 0 aliphatic heterocycles. The molecule has 1 heterocycles. The number of aromatic nitrogens is 1. The van der Waals surface area contributed by atoms with Crippen LogP contribution in [0.5, 0.6) is 23.0 Å². The average molecular weight is 481 g/mol. The third kappa shape index (κ3) is 4.40. The van der Waals surface area contributed by atoms with E-state index in [0.717, 1.165) is 22.4 Å². The Morgan fingerprint density at radius 1 is 1.14 bits per heavy atom. The molecule has 9 heteroatoms. The van der Waals surface area contributed by atoms with Crippen LogP contribution in [0.15, 0.2) is 28.7 Å². The SMILES string of the molecule is CCCOc1ccc2nc(NC(=O)c3cc(OC)c(OC)c(OC)c3Br)sc2c1. The Labute approximate surface area is 181 Å². The van der Waals surface area contributed by atoms with Gasteiger partial charge in [-0.3, -0.25) is 10.1 Å². The minimum Gasteiger partial charge on any atom is -0.494 e. The predicted octanol–water partition coefficient (Wildman–Crippen LogP) is 5.13. The van der Waals surface area contributed by atoms with Gasteiger partial charge in [-0.25, -0.2) is 4.98 Å². The van der Waals surface area contributed by atoms with Gasteiger partial charge in [0.15, 0.2) is 16.6 Å².